The summed E-state index contributed by atoms with van der Waals surface area (Å²) in [5.74, 6) is 0.110. The Morgan fingerprint density at radius 1 is 1.08 bits per heavy atom. The van der Waals surface area contributed by atoms with Gasteiger partial charge in [0.1, 0.15) is 12.0 Å². The van der Waals surface area contributed by atoms with Gasteiger partial charge in [-0.3, -0.25) is 4.79 Å². The Kier molecular flexibility index (Phi) is 6.60. The molecule has 0 spiro atoms. The second-order valence-electron chi connectivity index (χ2n) is 10.0. The van der Waals surface area contributed by atoms with Crippen molar-refractivity contribution in [2.75, 3.05) is 17.2 Å². The maximum Gasteiger partial charge on any atom is 0.253 e. The predicted molar refractivity (Wildman–Crippen MR) is 148 cm³/mol. The molecule has 1 aliphatic heterocycles. The van der Waals surface area contributed by atoms with E-state index in [1.807, 2.05) is 32.0 Å². The number of carbonyl (C=O) groups excluding carboxylic acids is 1. The number of aromatic nitrogens is 2. The van der Waals surface area contributed by atoms with Crippen molar-refractivity contribution in [3.05, 3.63) is 77.7 Å². The highest BCUT2D eigenvalue weighted by Crippen LogP contribution is 2.32. The van der Waals surface area contributed by atoms with Crippen molar-refractivity contribution < 1.29 is 17.6 Å². The zero-order valence-corrected chi connectivity index (χ0v) is 22.4. The highest BCUT2D eigenvalue weighted by atomic mass is 32.2. The van der Waals surface area contributed by atoms with Crippen LogP contribution in [0.2, 0.25) is 0 Å². The van der Waals surface area contributed by atoms with E-state index in [2.05, 4.69) is 20.9 Å². The zero-order chi connectivity index (χ0) is 27.2. The number of carbonyl (C=O) groups is 1. The zero-order valence-electron chi connectivity index (χ0n) is 21.6. The number of para-hydroxylation sites is 1. The lowest BCUT2D eigenvalue weighted by molar-refractivity contribution is 0.0954. The number of hydrogen-bond acceptors (Lipinski definition) is 6. The van der Waals surface area contributed by atoms with Crippen molar-refractivity contribution in [1.29, 1.82) is 0 Å². The molecule has 38 heavy (non-hydrogen) atoms. The lowest BCUT2D eigenvalue weighted by Gasteiger charge is -2.13. The van der Waals surface area contributed by atoms with Gasteiger partial charge in [-0.15, -0.1) is 0 Å². The molecular weight excluding hydrogens is 505 g/mol. The van der Waals surface area contributed by atoms with Crippen LogP contribution in [-0.4, -0.2) is 41.2 Å². The third-order valence-corrected chi connectivity index (χ3v) is 8.72. The van der Waals surface area contributed by atoms with Crippen LogP contribution < -0.4 is 16.0 Å². The molecule has 8 nitrogen and oxygen atoms in total. The van der Waals surface area contributed by atoms with E-state index >= 15 is 0 Å². The molecule has 2 aromatic carbocycles. The number of nitrogens with zero attached hydrogens (tertiary/aromatic N) is 2. The van der Waals surface area contributed by atoms with E-state index in [9.17, 15) is 17.6 Å². The van der Waals surface area contributed by atoms with Crippen LogP contribution in [0.3, 0.4) is 0 Å². The third kappa shape index (κ3) is 4.71. The van der Waals surface area contributed by atoms with E-state index in [0.717, 1.165) is 11.3 Å². The molecule has 3 heterocycles. The quantitative estimate of drug-likeness (QED) is 0.303. The Morgan fingerprint density at radius 3 is 2.58 bits per heavy atom. The fraction of sp³-hybridized carbons (Fsp3) is 0.286. The topological polar surface area (TPSA) is 105 Å². The van der Waals surface area contributed by atoms with Crippen LogP contribution in [0.4, 0.5) is 15.9 Å². The number of pyridine rings is 1. The maximum atomic E-state index is 14.2. The summed E-state index contributed by atoms with van der Waals surface area (Å²) < 4.78 is 41.1. The highest BCUT2D eigenvalue weighted by molar-refractivity contribution is 7.90. The molecule has 2 aromatic heterocycles. The van der Waals surface area contributed by atoms with E-state index in [-0.39, 0.29) is 35.9 Å². The smallest absolute Gasteiger partial charge is 0.253 e. The summed E-state index contributed by atoms with van der Waals surface area (Å²) in [5.41, 5.74) is 3.76. The van der Waals surface area contributed by atoms with Crippen molar-refractivity contribution in [3.8, 4) is 11.3 Å². The fourth-order valence-corrected chi connectivity index (χ4v) is 5.63. The lowest BCUT2D eigenvalue weighted by Crippen LogP contribution is -2.38. The van der Waals surface area contributed by atoms with Gasteiger partial charge in [0.15, 0.2) is 5.82 Å². The normalized spacial score (nSPS) is 15.0. The van der Waals surface area contributed by atoms with Crippen molar-refractivity contribution in [1.82, 2.24) is 14.3 Å². The number of fused-ring (bicyclic) bond motifs is 2. The SMILES string of the molecule is CC(C)c1cc(F)cc(-c2ccc3c(n2)NC(CNC(=O)c2cn(S(=O)(=O)C(C)C)c4ccccc24)N3)c1. The minimum absolute atomic E-state index is 0.186. The summed E-state index contributed by atoms with van der Waals surface area (Å²) in [6.45, 7) is 7.46. The van der Waals surface area contributed by atoms with Crippen LogP contribution in [-0.2, 0) is 10.0 Å². The molecule has 1 amide bonds. The van der Waals surface area contributed by atoms with Gasteiger partial charge in [0, 0.05) is 17.1 Å². The van der Waals surface area contributed by atoms with E-state index in [0.29, 0.717) is 28.0 Å². The van der Waals surface area contributed by atoms with Crippen LogP contribution in [0.25, 0.3) is 22.2 Å². The van der Waals surface area contributed by atoms with Gasteiger partial charge in [-0.1, -0.05) is 32.0 Å². The van der Waals surface area contributed by atoms with Gasteiger partial charge in [-0.2, -0.15) is 0 Å². The summed E-state index contributed by atoms with van der Waals surface area (Å²) in [7, 11) is -3.64. The molecule has 4 aromatic rings. The van der Waals surface area contributed by atoms with E-state index < -0.39 is 15.3 Å². The number of rotatable bonds is 7. The predicted octanol–water partition coefficient (Wildman–Crippen LogP) is 5.15. The van der Waals surface area contributed by atoms with Crippen LogP contribution in [0, 0.1) is 5.82 Å². The lowest BCUT2D eigenvalue weighted by atomic mass is 9.99. The molecule has 0 radical (unpaired) electrons. The largest absolute Gasteiger partial charge is 0.361 e. The molecule has 3 N–H and O–H groups in total. The molecule has 0 fully saturated rings. The van der Waals surface area contributed by atoms with Crippen molar-refractivity contribution in [3.63, 3.8) is 0 Å². The van der Waals surface area contributed by atoms with Crippen LogP contribution in [0.5, 0.6) is 0 Å². The number of benzene rings is 2. The summed E-state index contributed by atoms with van der Waals surface area (Å²) in [6, 6.07) is 15.6. The first-order chi connectivity index (χ1) is 18.0. The fourth-order valence-electron chi connectivity index (χ4n) is 4.49. The number of anilines is 2. The average molecular weight is 536 g/mol. The van der Waals surface area contributed by atoms with Gasteiger partial charge in [0.05, 0.1) is 34.3 Å². The number of nitrogens with one attached hydrogen (secondary N) is 3. The van der Waals surface area contributed by atoms with Gasteiger partial charge >= 0.3 is 0 Å². The molecular formula is C28H30FN5O3S. The van der Waals surface area contributed by atoms with E-state index in [1.165, 1.54) is 22.3 Å². The Morgan fingerprint density at radius 2 is 1.84 bits per heavy atom. The van der Waals surface area contributed by atoms with Gasteiger partial charge in [0.2, 0.25) is 10.0 Å². The van der Waals surface area contributed by atoms with Crippen LogP contribution in [0.1, 0.15) is 49.5 Å². The molecule has 0 aliphatic carbocycles. The Hall–Kier alpha value is -3.92. The van der Waals surface area contributed by atoms with Gasteiger partial charge in [0.25, 0.3) is 5.91 Å². The summed E-state index contributed by atoms with van der Waals surface area (Å²) in [6.07, 6.45) is 1.06. The molecule has 1 atom stereocenters. The Labute approximate surface area is 221 Å². The molecule has 0 saturated heterocycles. The molecule has 0 bridgehead atoms. The van der Waals surface area contributed by atoms with Crippen molar-refractivity contribution >= 4 is 38.3 Å². The second-order valence-corrected chi connectivity index (χ2v) is 12.4. The molecule has 10 heteroatoms. The minimum Gasteiger partial charge on any atom is -0.361 e. The highest BCUT2D eigenvalue weighted by Gasteiger charge is 2.26. The van der Waals surface area contributed by atoms with Gasteiger partial charge < -0.3 is 16.0 Å². The Balaban J connectivity index is 1.32. The van der Waals surface area contributed by atoms with E-state index in [1.54, 1.807) is 38.1 Å². The summed E-state index contributed by atoms with van der Waals surface area (Å²) >= 11 is 0. The van der Waals surface area contributed by atoms with Crippen LogP contribution in [0.15, 0.2) is 60.8 Å². The minimum atomic E-state index is -3.64. The molecule has 198 valence electrons. The summed E-state index contributed by atoms with van der Waals surface area (Å²) in [4.78, 5) is 17.8. The molecule has 1 aliphatic rings. The molecule has 1 unspecified atom stereocenters. The standard InChI is InChI=1S/C28H30FN5O3S/c1-16(2)18-11-19(13-20(29)12-18)23-9-10-24-27(32-23)33-26(31-24)14-30-28(35)22-15-34(38(36,37)17(3)4)25-8-6-5-7-21(22)25/h5-13,15-17,26,31H,14H2,1-4H3,(H,30,35)(H,32,33). The number of halogens is 1. The first-order valence-electron chi connectivity index (χ1n) is 12.5. The first-order valence-corrected chi connectivity index (χ1v) is 14.0. The van der Waals surface area contributed by atoms with Crippen molar-refractivity contribution in [2.45, 2.75) is 45.0 Å². The number of hydrogen-bond donors (Lipinski definition) is 3. The monoisotopic (exact) mass is 535 g/mol. The van der Waals surface area contributed by atoms with Crippen LogP contribution >= 0.6 is 0 Å². The molecule has 5 rings (SSSR count). The average Bonchev–Trinajstić information content (AvgIpc) is 3.48. The maximum absolute atomic E-state index is 14.2. The molecule has 0 saturated carbocycles. The second kappa shape index (κ2) is 9.75. The van der Waals surface area contributed by atoms with Crippen molar-refractivity contribution in [2.24, 2.45) is 0 Å². The van der Waals surface area contributed by atoms with E-state index in [4.69, 9.17) is 0 Å². The van der Waals surface area contributed by atoms with Gasteiger partial charge in [-0.05, 0) is 61.7 Å². The Bertz CT molecular complexity index is 1650. The third-order valence-electron chi connectivity index (χ3n) is 6.68. The summed E-state index contributed by atoms with van der Waals surface area (Å²) in [5, 5.41) is 9.34. The number of amides is 1. The van der Waals surface area contributed by atoms with Gasteiger partial charge in [-0.25, -0.2) is 21.8 Å². The first kappa shape index (κ1) is 25.7.